The highest BCUT2D eigenvalue weighted by Crippen LogP contribution is 2.14. The SMILES string of the molecule is CCN(CC)S(=O)(=O)Nc1ccc(F)nc1F. The first kappa shape index (κ1) is 13.8. The van der Waals surface area contributed by atoms with Gasteiger partial charge in [-0.15, -0.1) is 0 Å². The third-order valence-corrected chi connectivity index (χ3v) is 3.77. The summed E-state index contributed by atoms with van der Waals surface area (Å²) in [5, 5.41) is 0. The second-order valence-corrected chi connectivity index (χ2v) is 4.83. The molecule has 1 aromatic heterocycles. The van der Waals surface area contributed by atoms with E-state index in [-0.39, 0.29) is 18.8 Å². The quantitative estimate of drug-likeness (QED) is 0.818. The van der Waals surface area contributed by atoms with Gasteiger partial charge in [0.25, 0.3) is 0 Å². The molecule has 0 aliphatic carbocycles. The van der Waals surface area contributed by atoms with E-state index in [2.05, 4.69) is 4.98 Å². The van der Waals surface area contributed by atoms with E-state index in [1.165, 1.54) is 0 Å². The zero-order chi connectivity index (χ0) is 13.1. The molecule has 96 valence electrons. The van der Waals surface area contributed by atoms with Crippen molar-refractivity contribution in [1.29, 1.82) is 0 Å². The van der Waals surface area contributed by atoms with Gasteiger partial charge in [-0.25, -0.2) is 0 Å². The smallest absolute Gasteiger partial charge is 0.266 e. The van der Waals surface area contributed by atoms with Crippen molar-refractivity contribution in [1.82, 2.24) is 9.29 Å². The Kier molecular flexibility index (Phi) is 4.35. The molecule has 0 spiro atoms. The highest BCUT2D eigenvalue weighted by atomic mass is 32.2. The molecule has 1 rings (SSSR count). The number of hydrogen-bond donors (Lipinski definition) is 1. The van der Waals surface area contributed by atoms with Crippen LogP contribution in [0.2, 0.25) is 0 Å². The summed E-state index contributed by atoms with van der Waals surface area (Å²) in [4.78, 5) is 2.89. The molecule has 0 bridgehead atoms. The van der Waals surface area contributed by atoms with E-state index in [1.807, 2.05) is 4.72 Å². The number of nitrogens with one attached hydrogen (secondary N) is 1. The summed E-state index contributed by atoms with van der Waals surface area (Å²) in [5.41, 5.74) is -0.377. The largest absolute Gasteiger partial charge is 0.301 e. The van der Waals surface area contributed by atoms with Gasteiger partial charge in [-0.05, 0) is 12.1 Å². The van der Waals surface area contributed by atoms with Crippen molar-refractivity contribution < 1.29 is 17.2 Å². The molecule has 8 heteroatoms. The maximum absolute atomic E-state index is 13.2. The lowest BCUT2D eigenvalue weighted by Gasteiger charge is -2.19. The van der Waals surface area contributed by atoms with Gasteiger partial charge in [-0.1, -0.05) is 13.8 Å². The molecule has 0 radical (unpaired) electrons. The molecule has 0 aliphatic heterocycles. The summed E-state index contributed by atoms with van der Waals surface area (Å²) in [6, 6.07) is 1.86. The first-order valence-electron chi connectivity index (χ1n) is 5.00. The average molecular weight is 265 g/mol. The minimum Gasteiger partial charge on any atom is -0.266 e. The van der Waals surface area contributed by atoms with Crippen LogP contribution in [0.25, 0.3) is 0 Å². The molecule has 17 heavy (non-hydrogen) atoms. The number of nitrogens with zero attached hydrogens (tertiary/aromatic N) is 2. The molecule has 0 fully saturated rings. The molecular weight excluding hydrogens is 252 g/mol. The lowest BCUT2D eigenvalue weighted by Crippen LogP contribution is -2.35. The van der Waals surface area contributed by atoms with Crippen molar-refractivity contribution in [2.24, 2.45) is 0 Å². The van der Waals surface area contributed by atoms with Gasteiger partial charge in [0.15, 0.2) is 0 Å². The van der Waals surface area contributed by atoms with E-state index in [9.17, 15) is 17.2 Å². The Morgan fingerprint density at radius 2 is 1.88 bits per heavy atom. The lowest BCUT2D eigenvalue weighted by molar-refractivity contribution is 0.448. The summed E-state index contributed by atoms with van der Waals surface area (Å²) in [7, 11) is -3.83. The molecule has 0 atom stereocenters. The minimum absolute atomic E-state index is 0.252. The number of aromatic nitrogens is 1. The number of rotatable bonds is 5. The van der Waals surface area contributed by atoms with Gasteiger partial charge >= 0.3 is 10.2 Å². The van der Waals surface area contributed by atoms with Crippen LogP contribution in [0, 0.1) is 11.9 Å². The predicted octanol–water partition coefficient (Wildman–Crippen LogP) is 1.36. The highest BCUT2D eigenvalue weighted by Gasteiger charge is 2.20. The Morgan fingerprint density at radius 1 is 1.29 bits per heavy atom. The Morgan fingerprint density at radius 3 is 2.35 bits per heavy atom. The molecule has 0 amide bonds. The van der Waals surface area contributed by atoms with Crippen LogP contribution in [0.4, 0.5) is 14.5 Å². The topological polar surface area (TPSA) is 62.3 Å². The molecule has 1 N–H and O–H groups in total. The normalized spacial score (nSPS) is 11.8. The molecule has 0 aliphatic rings. The molecule has 1 heterocycles. The fraction of sp³-hybridized carbons (Fsp3) is 0.444. The average Bonchev–Trinajstić information content (AvgIpc) is 2.23. The summed E-state index contributed by atoms with van der Waals surface area (Å²) < 4.78 is 52.3. The zero-order valence-electron chi connectivity index (χ0n) is 9.44. The van der Waals surface area contributed by atoms with E-state index in [1.54, 1.807) is 13.8 Å². The standard InChI is InChI=1S/C9H13F2N3O2S/c1-3-14(4-2)17(15,16)13-7-5-6-8(10)12-9(7)11/h5-6,13H,3-4H2,1-2H3. The van der Waals surface area contributed by atoms with Crippen molar-refractivity contribution in [3.63, 3.8) is 0 Å². The molecule has 0 saturated heterocycles. The van der Waals surface area contributed by atoms with Crippen molar-refractivity contribution in [2.75, 3.05) is 17.8 Å². The minimum atomic E-state index is -3.83. The monoisotopic (exact) mass is 265 g/mol. The van der Waals surface area contributed by atoms with Crippen LogP contribution >= 0.6 is 0 Å². The fourth-order valence-electron chi connectivity index (χ4n) is 1.26. The number of hydrogen-bond acceptors (Lipinski definition) is 3. The predicted molar refractivity (Wildman–Crippen MR) is 59.6 cm³/mol. The van der Waals surface area contributed by atoms with Crippen molar-refractivity contribution in [2.45, 2.75) is 13.8 Å². The van der Waals surface area contributed by atoms with Gasteiger partial charge in [0.05, 0.1) is 0 Å². The van der Waals surface area contributed by atoms with Crippen LogP contribution in [-0.4, -0.2) is 30.8 Å². The number of anilines is 1. The van der Waals surface area contributed by atoms with Gasteiger partial charge in [-0.3, -0.25) is 4.72 Å². The maximum Gasteiger partial charge on any atom is 0.301 e. The van der Waals surface area contributed by atoms with Crippen LogP contribution in [0.1, 0.15) is 13.8 Å². The van der Waals surface area contributed by atoms with Crippen LogP contribution < -0.4 is 4.72 Å². The lowest BCUT2D eigenvalue weighted by atomic mass is 10.4. The van der Waals surface area contributed by atoms with Gasteiger partial charge in [-0.2, -0.15) is 26.5 Å². The summed E-state index contributed by atoms with van der Waals surface area (Å²) in [5.74, 6) is -2.20. The molecule has 0 saturated carbocycles. The van der Waals surface area contributed by atoms with Crippen molar-refractivity contribution in [3.8, 4) is 0 Å². The van der Waals surface area contributed by atoms with Crippen LogP contribution in [0.15, 0.2) is 12.1 Å². The van der Waals surface area contributed by atoms with E-state index >= 15 is 0 Å². The summed E-state index contributed by atoms with van der Waals surface area (Å²) in [6.07, 6.45) is 0. The number of halogens is 2. The Balaban J connectivity index is 2.98. The summed E-state index contributed by atoms with van der Waals surface area (Å²) in [6.45, 7) is 3.81. The Bertz CT molecular complexity index is 489. The molecular formula is C9H13F2N3O2S. The molecule has 0 unspecified atom stereocenters. The maximum atomic E-state index is 13.2. The van der Waals surface area contributed by atoms with Crippen LogP contribution in [0.5, 0.6) is 0 Å². The van der Waals surface area contributed by atoms with Gasteiger partial charge in [0, 0.05) is 13.1 Å². The first-order valence-corrected chi connectivity index (χ1v) is 6.44. The van der Waals surface area contributed by atoms with E-state index in [4.69, 9.17) is 0 Å². The Hall–Kier alpha value is -1.28. The van der Waals surface area contributed by atoms with Gasteiger partial charge in [0.1, 0.15) is 5.69 Å². The molecule has 1 aromatic rings. The second-order valence-electron chi connectivity index (χ2n) is 3.16. The fourth-order valence-corrected chi connectivity index (χ4v) is 2.49. The number of pyridine rings is 1. The second kappa shape index (κ2) is 5.37. The third-order valence-electron chi connectivity index (χ3n) is 2.10. The highest BCUT2D eigenvalue weighted by molar-refractivity contribution is 7.90. The zero-order valence-corrected chi connectivity index (χ0v) is 10.3. The third kappa shape index (κ3) is 3.34. The molecule has 5 nitrogen and oxygen atoms in total. The van der Waals surface area contributed by atoms with E-state index in [0.717, 1.165) is 16.4 Å². The van der Waals surface area contributed by atoms with E-state index in [0.29, 0.717) is 0 Å². The van der Waals surface area contributed by atoms with Crippen molar-refractivity contribution in [3.05, 3.63) is 24.0 Å². The van der Waals surface area contributed by atoms with Crippen molar-refractivity contribution >= 4 is 15.9 Å². The molecule has 0 aromatic carbocycles. The van der Waals surface area contributed by atoms with Gasteiger partial charge in [0.2, 0.25) is 11.9 Å². The van der Waals surface area contributed by atoms with E-state index < -0.39 is 22.1 Å². The van der Waals surface area contributed by atoms with Gasteiger partial charge < -0.3 is 0 Å². The van der Waals surface area contributed by atoms with Crippen LogP contribution in [0.3, 0.4) is 0 Å². The van der Waals surface area contributed by atoms with Crippen LogP contribution in [-0.2, 0) is 10.2 Å². The summed E-state index contributed by atoms with van der Waals surface area (Å²) >= 11 is 0. The first-order chi connectivity index (χ1) is 7.90. The Labute approximate surface area is 98.6 Å².